The van der Waals surface area contributed by atoms with Gasteiger partial charge in [0.05, 0.1) is 0 Å². The van der Waals surface area contributed by atoms with E-state index in [1.165, 1.54) is 0 Å². The van der Waals surface area contributed by atoms with Crippen molar-refractivity contribution in [1.29, 1.82) is 0 Å². The highest BCUT2D eigenvalue weighted by Gasteiger charge is 2.42. The molecule has 1 unspecified atom stereocenters. The Morgan fingerprint density at radius 3 is 2.00 bits per heavy atom. The topological polar surface area (TPSA) is 72.9 Å². The molecule has 0 N–H and O–H groups in total. The van der Waals surface area contributed by atoms with E-state index in [2.05, 4.69) is 0 Å². The zero-order chi connectivity index (χ0) is 18.4. The molecule has 6 heteroatoms. The number of hydrogen-bond acceptors (Lipinski definition) is 5. The predicted molar refractivity (Wildman–Crippen MR) is 93.0 cm³/mol. The summed E-state index contributed by atoms with van der Waals surface area (Å²) in [6, 6.07) is 17.1. The highest BCUT2D eigenvalue weighted by atomic mass is 16.6. The molecule has 3 rings (SSSR count). The van der Waals surface area contributed by atoms with Gasteiger partial charge in [-0.15, -0.1) is 0 Å². The van der Waals surface area contributed by atoms with Crippen LogP contribution in [0.25, 0.3) is 0 Å². The molecule has 0 radical (unpaired) electrons. The van der Waals surface area contributed by atoms with Crippen molar-refractivity contribution in [2.75, 3.05) is 6.54 Å². The summed E-state index contributed by atoms with van der Waals surface area (Å²) in [7, 11) is 0. The lowest BCUT2D eigenvalue weighted by Crippen LogP contribution is -2.44. The Bertz CT molecular complexity index is 775. The van der Waals surface area contributed by atoms with Crippen LogP contribution in [0.5, 0.6) is 0 Å². The molecule has 1 heterocycles. The van der Waals surface area contributed by atoms with E-state index in [0.29, 0.717) is 0 Å². The van der Waals surface area contributed by atoms with Crippen LogP contribution < -0.4 is 0 Å². The number of esters is 1. The Balaban J connectivity index is 1.58. The van der Waals surface area contributed by atoms with Crippen LogP contribution >= 0.6 is 0 Å². The number of amides is 1. The molecule has 1 atom stereocenters. The van der Waals surface area contributed by atoms with Crippen molar-refractivity contribution >= 4 is 17.8 Å². The molecule has 2 aromatic rings. The Morgan fingerprint density at radius 2 is 1.42 bits per heavy atom. The van der Waals surface area contributed by atoms with Crippen LogP contribution in [0.2, 0.25) is 0 Å². The van der Waals surface area contributed by atoms with Gasteiger partial charge in [0.25, 0.3) is 0 Å². The summed E-state index contributed by atoms with van der Waals surface area (Å²) in [4.78, 5) is 37.8. The quantitative estimate of drug-likeness (QED) is 0.610. The van der Waals surface area contributed by atoms with Crippen molar-refractivity contribution in [3.63, 3.8) is 0 Å². The summed E-state index contributed by atoms with van der Waals surface area (Å²) < 4.78 is 10.4. The van der Waals surface area contributed by atoms with Gasteiger partial charge in [0.15, 0.2) is 11.8 Å². The fourth-order valence-electron chi connectivity index (χ4n) is 2.74. The molecule has 2 aromatic carbocycles. The standard InChI is InChI=1S/C20H19NO5/c22-17-11-12-21(20(24)26-14-16-9-5-2-6-10-16)18(17)19(23)25-13-15-7-3-1-4-8-15/h1-10,18H,11-14H2. The van der Waals surface area contributed by atoms with E-state index in [9.17, 15) is 14.4 Å². The first kappa shape index (κ1) is 17.7. The fraction of sp³-hybridized carbons (Fsp3) is 0.250. The third-order valence-electron chi connectivity index (χ3n) is 4.10. The number of benzene rings is 2. The predicted octanol–water partition coefficient (Wildman–Crippen LogP) is 2.71. The average molecular weight is 353 g/mol. The van der Waals surface area contributed by atoms with E-state index in [1.807, 2.05) is 60.7 Å². The van der Waals surface area contributed by atoms with Gasteiger partial charge in [0.1, 0.15) is 13.2 Å². The zero-order valence-electron chi connectivity index (χ0n) is 14.2. The van der Waals surface area contributed by atoms with E-state index in [-0.39, 0.29) is 32.0 Å². The molecular formula is C20H19NO5. The summed E-state index contributed by atoms with van der Waals surface area (Å²) in [5, 5.41) is 0. The maximum atomic E-state index is 12.3. The van der Waals surface area contributed by atoms with E-state index < -0.39 is 18.1 Å². The number of carbonyl (C=O) groups is 3. The summed E-state index contributed by atoms with van der Waals surface area (Å²) in [6.45, 7) is 0.282. The molecule has 26 heavy (non-hydrogen) atoms. The lowest BCUT2D eigenvalue weighted by molar-refractivity contribution is -0.152. The molecule has 6 nitrogen and oxygen atoms in total. The van der Waals surface area contributed by atoms with Crippen molar-refractivity contribution < 1.29 is 23.9 Å². The lowest BCUT2D eigenvalue weighted by Gasteiger charge is -2.21. The first-order chi connectivity index (χ1) is 12.6. The van der Waals surface area contributed by atoms with Gasteiger partial charge < -0.3 is 9.47 Å². The molecule has 0 spiro atoms. The molecule has 1 aliphatic rings. The van der Waals surface area contributed by atoms with Gasteiger partial charge in [0, 0.05) is 13.0 Å². The van der Waals surface area contributed by atoms with Gasteiger partial charge in [-0.3, -0.25) is 9.69 Å². The van der Waals surface area contributed by atoms with Gasteiger partial charge in [-0.05, 0) is 11.1 Å². The molecular weight excluding hydrogens is 334 g/mol. The molecule has 0 aliphatic carbocycles. The SMILES string of the molecule is O=C1CCN(C(=O)OCc2ccccc2)C1C(=O)OCc1ccccc1. The van der Waals surface area contributed by atoms with E-state index in [0.717, 1.165) is 16.0 Å². The lowest BCUT2D eigenvalue weighted by atomic mass is 10.2. The van der Waals surface area contributed by atoms with Crippen LogP contribution in [-0.2, 0) is 32.3 Å². The number of Topliss-reactive ketones (excluding diaryl/α,β-unsaturated/α-hetero) is 1. The van der Waals surface area contributed by atoms with Crippen LogP contribution in [0.15, 0.2) is 60.7 Å². The largest absolute Gasteiger partial charge is 0.459 e. The average Bonchev–Trinajstić information content (AvgIpc) is 3.07. The van der Waals surface area contributed by atoms with Crippen LogP contribution in [0.4, 0.5) is 4.79 Å². The van der Waals surface area contributed by atoms with Gasteiger partial charge >= 0.3 is 12.1 Å². The molecule has 1 saturated heterocycles. The van der Waals surface area contributed by atoms with Gasteiger partial charge in [-0.1, -0.05) is 60.7 Å². The molecule has 1 aliphatic heterocycles. The first-order valence-electron chi connectivity index (χ1n) is 8.36. The third-order valence-corrected chi connectivity index (χ3v) is 4.10. The number of ketones is 1. The zero-order valence-corrected chi connectivity index (χ0v) is 14.2. The highest BCUT2D eigenvalue weighted by Crippen LogP contribution is 2.18. The molecule has 1 amide bonds. The van der Waals surface area contributed by atoms with Crippen LogP contribution in [0, 0.1) is 0 Å². The number of rotatable bonds is 5. The molecule has 134 valence electrons. The number of hydrogen-bond donors (Lipinski definition) is 0. The maximum Gasteiger partial charge on any atom is 0.411 e. The summed E-state index contributed by atoms with van der Waals surface area (Å²) >= 11 is 0. The van der Waals surface area contributed by atoms with Gasteiger partial charge in [0.2, 0.25) is 0 Å². The molecule has 1 fully saturated rings. The molecule has 0 saturated carbocycles. The van der Waals surface area contributed by atoms with Crippen LogP contribution in [0.1, 0.15) is 17.5 Å². The first-order valence-corrected chi connectivity index (χ1v) is 8.36. The highest BCUT2D eigenvalue weighted by molar-refractivity contribution is 6.07. The Kier molecular flexibility index (Phi) is 5.63. The molecule has 0 aromatic heterocycles. The Hall–Kier alpha value is -3.15. The van der Waals surface area contributed by atoms with Gasteiger partial charge in [-0.25, -0.2) is 9.59 Å². The smallest absolute Gasteiger partial charge is 0.411 e. The minimum atomic E-state index is -1.23. The van der Waals surface area contributed by atoms with Crippen molar-refractivity contribution in [2.45, 2.75) is 25.7 Å². The van der Waals surface area contributed by atoms with Crippen LogP contribution in [0.3, 0.4) is 0 Å². The number of ether oxygens (including phenoxy) is 2. The minimum Gasteiger partial charge on any atom is -0.459 e. The number of likely N-dealkylation sites (tertiary alicyclic amines) is 1. The van der Waals surface area contributed by atoms with Crippen molar-refractivity contribution in [1.82, 2.24) is 4.90 Å². The molecule has 0 bridgehead atoms. The monoisotopic (exact) mass is 353 g/mol. The van der Waals surface area contributed by atoms with E-state index in [1.54, 1.807) is 0 Å². The normalized spacial score (nSPS) is 16.4. The minimum absolute atomic E-state index is 0.0519. The van der Waals surface area contributed by atoms with Crippen LogP contribution in [-0.4, -0.2) is 35.3 Å². The Labute approximate surface area is 151 Å². The number of carbonyl (C=O) groups excluding carboxylic acids is 3. The van der Waals surface area contributed by atoms with Crippen molar-refractivity contribution in [3.8, 4) is 0 Å². The van der Waals surface area contributed by atoms with E-state index >= 15 is 0 Å². The second kappa shape index (κ2) is 8.29. The second-order valence-corrected chi connectivity index (χ2v) is 5.95. The maximum absolute atomic E-state index is 12.3. The Morgan fingerprint density at radius 1 is 0.885 bits per heavy atom. The number of nitrogens with zero attached hydrogens (tertiary/aromatic N) is 1. The third kappa shape index (κ3) is 4.27. The van der Waals surface area contributed by atoms with Crippen molar-refractivity contribution in [2.24, 2.45) is 0 Å². The fourth-order valence-corrected chi connectivity index (χ4v) is 2.74. The van der Waals surface area contributed by atoms with Crippen molar-refractivity contribution in [3.05, 3.63) is 71.8 Å². The van der Waals surface area contributed by atoms with Gasteiger partial charge in [-0.2, -0.15) is 0 Å². The summed E-state index contributed by atoms with van der Waals surface area (Å²) in [6.07, 6.45) is -0.577. The summed E-state index contributed by atoms with van der Waals surface area (Å²) in [5.74, 6) is -1.06. The van der Waals surface area contributed by atoms with E-state index in [4.69, 9.17) is 9.47 Å². The summed E-state index contributed by atoms with van der Waals surface area (Å²) in [5.41, 5.74) is 1.64. The second-order valence-electron chi connectivity index (χ2n) is 5.95.